The van der Waals surface area contributed by atoms with Gasteiger partial charge in [0.1, 0.15) is 5.75 Å². The van der Waals surface area contributed by atoms with Crippen molar-refractivity contribution in [3.8, 4) is 16.2 Å². The molecule has 0 saturated carbocycles. The van der Waals surface area contributed by atoms with Gasteiger partial charge in [-0.05, 0) is 84.6 Å². The zero-order chi connectivity index (χ0) is 16.8. The van der Waals surface area contributed by atoms with Crippen LogP contribution in [0.5, 0.6) is 5.75 Å². The molecule has 0 radical (unpaired) electrons. The van der Waals surface area contributed by atoms with Crippen LogP contribution in [0.25, 0.3) is 16.0 Å². The van der Waals surface area contributed by atoms with Gasteiger partial charge in [-0.3, -0.25) is 0 Å². The summed E-state index contributed by atoms with van der Waals surface area (Å²) in [5.74, 6) is 0.786. The minimum Gasteiger partial charge on any atom is -0.429 e. The molecular weight excluding hydrogens is 320 g/mol. The molecule has 0 spiro atoms. The predicted octanol–water partition coefficient (Wildman–Crippen LogP) is 6.50. The predicted molar refractivity (Wildman–Crippen MR) is 105 cm³/mol. The van der Waals surface area contributed by atoms with Gasteiger partial charge < -0.3 is 4.18 Å². The molecule has 1 aliphatic carbocycles. The highest BCUT2D eigenvalue weighted by molar-refractivity contribution is 7.75. The maximum atomic E-state index is 5.05. The van der Waals surface area contributed by atoms with E-state index in [1.807, 2.05) is 23.5 Å². The molecule has 0 saturated heterocycles. The highest BCUT2D eigenvalue weighted by atomic mass is 32.1. The summed E-state index contributed by atoms with van der Waals surface area (Å²) in [4.78, 5) is 2.91. The van der Waals surface area contributed by atoms with E-state index in [9.17, 15) is 0 Å². The summed E-state index contributed by atoms with van der Waals surface area (Å²) in [6, 6.07) is 6.18. The molecule has 0 unspecified atom stereocenters. The lowest BCUT2D eigenvalue weighted by atomic mass is 9.75. The molecule has 0 N–H and O–H groups in total. The second-order valence-corrected chi connectivity index (χ2v) is 8.68. The van der Waals surface area contributed by atoms with Gasteiger partial charge in [0, 0.05) is 22.7 Å². The largest absolute Gasteiger partial charge is 0.429 e. The summed E-state index contributed by atoms with van der Waals surface area (Å²) >= 11 is 5.85. The van der Waals surface area contributed by atoms with Crippen LogP contribution in [0.3, 0.4) is 0 Å². The number of rotatable bonds is 3. The Kier molecular flexibility index (Phi) is 4.37. The standard InChI is InChI=1S/C20H24OS2/c1-12(2)18-16-11-20(4,5)9-8-17(16)23-19(18)15-7-6-14(21-22)10-13(15)3/h6-7,10,22H,1,8-9,11H2,2-5H3. The molecule has 0 atom stereocenters. The molecule has 0 fully saturated rings. The van der Waals surface area contributed by atoms with E-state index in [4.69, 9.17) is 4.18 Å². The van der Waals surface area contributed by atoms with Crippen LogP contribution in [0.15, 0.2) is 24.8 Å². The highest BCUT2D eigenvalue weighted by Crippen LogP contribution is 2.47. The van der Waals surface area contributed by atoms with Crippen molar-refractivity contribution in [1.29, 1.82) is 0 Å². The smallest absolute Gasteiger partial charge is 0.137 e. The monoisotopic (exact) mass is 344 g/mol. The van der Waals surface area contributed by atoms with Gasteiger partial charge in [0.05, 0.1) is 0 Å². The summed E-state index contributed by atoms with van der Waals surface area (Å²) in [6.45, 7) is 13.3. The summed E-state index contributed by atoms with van der Waals surface area (Å²) in [6.07, 6.45) is 3.60. The average Bonchev–Trinajstić information content (AvgIpc) is 2.83. The van der Waals surface area contributed by atoms with Crippen molar-refractivity contribution in [3.05, 3.63) is 46.3 Å². The first kappa shape index (κ1) is 16.7. The van der Waals surface area contributed by atoms with Crippen molar-refractivity contribution >= 4 is 29.8 Å². The first-order chi connectivity index (χ1) is 10.8. The van der Waals surface area contributed by atoms with E-state index < -0.39 is 0 Å². The van der Waals surface area contributed by atoms with Crippen LogP contribution in [0.1, 0.15) is 48.8 Å². The third-order valence-electron chi connectivity index (χ3n) is 4.75. The first-order valence-electron chi connectivity index (χ1n) is 8.05. The van der Waals surface area contributed by atoms with Crippen molar-refractivity contribution < 1.29 is 4.18 Å². The Morgan fingerprint density at radius 3 is 2.70 bits per heavy atom. The van der Waals surface area contributed by atoms with Gasteiger partial charge in [-0.2, -0.15) is 0 Å². The van der Waals surface area contributed by atoms with Crippen LogP contribution in [-0.4, -0.2) is 0 Å². The molecule has 3 rings (SSSR count). The van der Waals surface area contributed by atoms with Crippen molar-refractivity contribution in [2.24, 2.45) is 5.41 Å². The SMILES string of the molecule is C=C(C)c1c(-c2ccc(OS)cc2C)sc2c1CC(C)(C)CC2. The van der Waals surface area contributed by atoms with E-state index in [-0.39, 0.29) is 0 Å². The Balaban J connectivity index is 2.18. The molecule has 0 aliphatic heterocycles. The Morgan fingerprint density at radius 1 is 1.35 bits per heavy atom. The van der Waals surface area contributed by atoms with Gasteiger partial charge in [0.15, 0.2) is 0 Å². The van der Waals surface area contributed by atoms with Gasteiger partial charge in [0.25, 0.3) is 0 Å². The van der Waals surface area contributed by atoms with E-state index in [0.29, 0.717) is 5.41 Å². The van der Waals surface area contributed by atoms with Crippen LogP contribution in [0.4, 0.5) is 0 Å². The molecule has 1 aromatic heterocycles. The quantitative estimate of drug-likeness (QED) is 0.494. The maximum absolute atomic E-state index is 5.05. The first-order valence-corrected chi connectivity index (χ1v) is 9.23. The molecule has 1 aromatic carbocycles. The molecule has 1 nitrogen and oxygen atoms in total. The molecule has 23 heavy (non-hydrogen) atoms. The summed E-state index contributed by atoms with van der Waals surface area (Å²) < 4.78 is 5.05. The van der Waals surface area contributed by atoms with Crippen molar-refractivity contribution in [1.82, 2.24) is 0 Å². The summed E-state index contributed by atoms with van der Waals surface area (Å²) in [5, 5.41) is 0. The summed E-state index contributed by atoms with van der Waals surface area (Å²) in [7, 11) is 0. The van der Waals surface area contributed by atoms with Crippen LogP contribution in [0, 0.1) is 12.3 Å². The fraction of sp³-hybridized carbons (Fsp3) is 0.400. The second kappa shape index (κ2) is 6.03. The van der Waals surface area contributed by atoms with Gasteiger partial charge in [0.2, 0.25) is 0 Å². The minimum atomic E-state index is 0.383. The Morgan fingerprint density at radius 2 is 2.09 bits per heavy atom. The average molecular weight is 345 g/mol. The van der Waals surface area contributed by atoms with Crippen LogP contribution in [-0.2, 0) is 12.8 Å². The highest BCUT2D eigenvalue weighted by Gasteiger charge is 2.31. The van der Waals surface area contributed by atoms with E-state index in [1.165, 1.54) is 45.5 Å². The molecule has 122 valence electrons. The zero-order valence-corrected chi connectivity index (χ0v) is 16.0. The number of allylic oxidation sites excluding steroid dienone is 1. The number of benzene rings is 1. The number of hydrogen-bond donors (Lipinski definition) is 1. The topological polar surface area (TPSA) is 9.23 Å². The van der Waals surface area contributed by atoms with Crippen molar-refractivity contribution in [3.63, 3.8) is 0 Å². The molecule has 1 heterocycles. The van der Waals surface area contributed by atoms with Crippen LogP contribution >= 0.6 is 24.2 Å². The minimum absolute atomic E-state index is 0.383. The number of aryl methyl sites for hydroxylation is 2. The number of thiol groups is 1. The molecule has 1 aliphatic rings. The molecule has 2 aromatic rings. The molecule has 0 amide bonds. The normalized spacial score (nSPS) is 16.0. The van der Waals surface area contributed by atoms with Crippen LogP contribution in [0.2, 0.25) is 0 Å². The molecule has 3 heteroatoms. The van der Waals surface area contributed by atoms with E-state index >= 15 is 0 Å². The van der Waals surface area contributed by atoms with Crippen molar-refractivity contribution in [2.45, 2.75) is 47.0 Å². The summed E-state index contributed by atoms with van der Waals surface area (Å²) in [5.41, 5.74) is 6.97. The van der Waals surface area contributed by atoms with E-state index in [0.717, 1.165) is 12.2 Å². The van der Waals surface area contributed by atoms with Crippen molar-refractivity contribution in [2.75, 3.05) is 0 Å². The Labute approximate surface area is 149 Å². The molecule has 0 bridgehead atoms. The maximum Gasteiger partial charge on any atom is 0.137 e. The fourth-order valence-corrected chi connectivity index (χ4v) is 5.11. The van der Waals surface area contributed by atoms with Gasteiger partial charge >= 0.3 is 0 Å². The lowest BCUT2D eigenvalue weighted by molar-refractivity contribution is 0.317. The van der Waals surface area contributed by atoms with Gasteiger partial charge in [-0.15, -0.1) is 11.3 Å². The molecular formula is C20H24OS2. The Hall–Kier alpha value is -1.19. The van der Waals surface area contributed by atoms with E-state index in [2.05, 4.69) is 53.2 Å². The van der Waals surface area contributed by atoms with Crippen LogP contribution < -0.4 is 4.18 Å². The van der Waals surface area contributed by atoms with E-state index in [1.54, 1.807) is 4.88 Å². The zero-order valence-electron chi connectivity index (χ0n) is 14.3. The Bertz CT molecular complexity index is 768. The fourth-order valence-electron chi connectivity index (χ4n) is 3.51. The number of hydrogen-bond acceptors (Lipinski definition) is 3. The van der Waals surface area contributed by atoms with Gasteiger partial charge in [-0.1, -0.05) is 20.4 Å². The third kappa shape index (κ3) is 3.09. The lowest BCUT2D eigenvalue weighted by Crippen LogP contribution is -2.21. The third-order valence-corrected chi connectivity index (χ3v) is 6.29. The number of fused-ring (bicyclic) bond motifs is 1. The second-order valence-electron chi connectivity index (χ2n) is 7.40. The lowest BCUT2D eigenvalue weighted by Gasteiger charge is -2.30. The van der Waals surface area contributed by atoms with Gasteiger partial charge in [-0.25, -0.2) is 0 Å². The number of thiophene rings is 1.